The lowest BCUT2D eigenvalue weighted by atomic mass is 10.0. The predicted molar refractivity (Wildman–Crippen MR) is 79.5 cm³/mol. The minimum atomic E-state index is -0.00559. The maximum Gasteiger partial charge on any atom is 0.223 e. The Hall–Kier alpha value is -1.55. The fourth-order valence-electron chi connectivity index (χ4n) is 2.88. The fourth-order valence-corrected chi connectivity index (χ4v) is 2.88. The zero-order valence-electron chi connectivity index (χ0n) is 12.3. The number of aromatic hydroxyl groups is 1. The Morgan fingerprint density at radius 3 is 2.95 bits per heavy atom. The van der Waals surface area contributed by atoms with E-state index in [-0.39, 0.29) is 17.7 Å². The van der Waals surface area contributed by atoms with E-state index in [1.165, 1.54) is 0 Å². The first kappa shape index (κ1) is 14.9. The van der Waals surface area contributed by atoms with Crippen LogP contribution < -0.4 is 5.32 Å². The summed E-state index contributed by atoms with van der Waals surface area (Å²) < 4.78 is 0. The SMILES string of the molecule is CCN(C(=O)CC1CCNC1)C(C)c1cccc(O)c1. The van der Waals surface area contributed by atoms with Crippen molar-refractivity contribution < 1.29 is 9.90 Å². The number of phenolic OH excluding ortho intramolecular Hbond substituents is 1. The van der Waals surface area contributed by atoms with E-state index in [0.29, 0.717) is 18.9 Å². The molecule has 0 saturated carbocycles. The first-order chi connectivity index (χ1) is 9.61. The summed E-state index contributed by atoms with van der Waals surface area (Å²) in [5, 5.41) is 12.9. The van der Waals surface area contributed by atoms with Crippen molar-refractivity contribution in [2.75, 3.05) is 19.6 Å². The van der Waals surface area contributed by atoms with Crippen LogP contribution >= 0.6 is 0 Å². The Labute approximate surface area is 120 Å². The lowest BCUT2D eigenvalue weighted by Crippen LogP contribution is -2.34. The molecule has 1 amide bonds. The molecular weight excluding hydrogens is 252 g/mol. The lowest BCUT2D eigenvalue weighted by Gasteiger charge is -2.29. The van der Waals surface area contributed by atoms with Crippen molar-refractivity contribution in [3.8, 4) is 5.75 Å². The van der Waals surface area contributed by atoms with Crippen LogP contribution in [0.4, 0.5) is 0 Å². The summed E-state index contributed by atoms with van der Waals surface area (Å²) in [5.74, 6) is 0.919. The number of hydrogen-bond donors (Lipinski definition) is 2. The Morgan fingerprint density at radius 2 is 2.35 bits per heavy atom. The van der Waals surface area contributed by atoms with Crippen LogP contribution in [0.15, 0.2) is 24.3 Å². The van der Waals surface area contributed by atoms with Gasteiger partial charge in [-0.1, -0.05) is 12.1 Å². The summed E-state index contributed by atoms with van der Waals surface area (Å²) >= 11 is 0. The van der Waals surface area contributed by atoms with Crippen molar-refractivity contribution in [1.29, 1.82) is 0 Å². The second-order valence-electron chi connectivity index (χ2n) is 5.51. The summed E-state index contributed by atoms with van der Waals surface area (Å²) in [7, 11) is 0. The number of rotatable bonds is 5. The van der Waals surface area contributed by atoms with Crippen LogP contribution in [0.3, 0.4) is 0 Å². The molecule has 2 atom stereocenters. The summed E-state index contributed by atoms with van der Waals surface area (Å²) in [6.45, 7) is 6.68. The van der Waals surface area contributed by atoms with Crippen molar-refractivity contribution in [2.45, 2.75) is 32.7 Å². The van der Waals surface area contributed by atoms with Crippen molar-refractivity contribution in [2.24, 2.45) is 5.92 Å². The monoisotopic (exact) mass is 276 g/mol. The predicted octanol–water partition coefficient (Wildman–Crippen LogP) is 2.30. The Bertz CT molecular complexity index is 456. The average Bonchev–Trinajstić information content (AvgIpc) is 2.92. The minimum absolute atomic E-state index is 0.00559. The molecule has 1 aromatic rings. The Morgan fingerprint density at radius 1 is 1.55 bits per heavy atom. The molecular formula is C16H24N2O2. The van der Waals surface area contributed by atoms with Gasteiger partial charge in [0.1, 0.15) is 5.75 Å². The maximum atomic E-state index is 12.5. The van der Waals surface area contributed by atoms with E-state index >= 15 is 0 Å². The van der Waals surface area contributed by atoms with Crippen LogP contribution in [0.1, 0.15) is 38.3 Å². The summed E-state index contributed by atoms with van der Waals surface area (Å²) in [6.07, 6.45) is 1.70. The summed E-state index contributed by atoms with van der Waals surface area (Å²) in [6, 6.07) is 7.16. The standard InChI is InChI=1S/C16H24N2O2/c1-3-18(16(20)9-13-7-8-17-11-13)12(2)14-5-4-6-15(19)10-14/h4-6,10,12-13,17,19H,3,7-9,11H2,1-2H3. The number of benzene rings is 1. The molecule has 1 aliphatic heterocycles. The second kappa shape index (κ2) is 6.75. The summed E-state index contributed by atoms with van der Waals surface area (Å²) in [4.78, 5) is 14.4. The van der Waals surface area contributed by atoms with Gasteiger partial charge in [0.15, 0.2) is 0 Å². The van der Waals surface area contributed by atoms with Gasteiger partial charge in [-0.05, 0) is 57.0 Å². The Kier molecular flexibility index (Phi) is 5.01. The molecule has 2 unspecified atom stereocenters. The highest BCUT2D eigenvalue weighted by Crippen LogP contribution is 2.25. The van der Waals surface area contributed by atoms with E-state index < -0.39 is 0 Å². The number of amides is 1. The number of phenols is 1. The quantitative estimate of drug-likeness (QED) is 0.867. The highest BCUT2D eigenvalue weighted by Gasteiger charge is 2.24. The Balaban J connectivity index is 2.04. The molecule has 2 rings (SSSR count). The molecule has 20 heavy (non-hydrogen) atoms. The van der Waals surface area contributed by atoms with Crippen LogP contribution in [0.5, 0.6) is 5.75 Å². The molecule has 2 N–H and O–H groups in total. The van der Waals surface area contributed by atoms with Crippen LogP contribution in [0, 0.1) is 5.92 Å². The molecule has 1 fully saturated rings. The molecule has 0 spiro atoms. The third-order valence-corrected chi connectivity index (χ3v) is 4.11. The highest BCUT2D eigenvalue weighted by molar-refractivity contribution is 5.77. The molecule has 0 bridgehead atoms. The van der Waals surface area contributed by atoms with E-state index in [2.05, 4.69) is 5.32 Å². The normalized spacial score (nSPS) is 19.8. The number of nitrogens with zero attached hydrogens (tertiary/aromatic N) is 1. The first-order valence-corrected chi connectivity index (χ1v) is 7.41. The molecule has 4 nitrogen and oxygen atoms in total. The van der Waals surface area contributed by atoms with Crippen LogP contribution in [-0.2, 0) is 4.79 Å². The zero-order valence-corrected chi connectivity index (χ0v) is 12.3. The topological polar surface area (TPSA) is 52.6 Å². The van der Waals surface area contributed by atoms with E-state index in [4.69, 9.17) is 0 Å². The molecule has 110 valence electrons. The number of nitrogens with one attached hydrogen (secondary N) is 1. The first-order valence-electron chi connectivity index (χ1n) is 7.41. The van der Waals surface area contributed by atoms with Crippen LogP contribution in [-0.4, -0.2) is 35.5 Å². The molecule has 1 aromatic carbocycles. The van der Waals surface area contributed by atoms with Crippen molar-refractivity contribution in [3.05, 3.63) is 29.8 Å². The third kappa shape index (κ3) is 3.51. The van der Waals surface area contributed by atoms with Gasteiger partial charge < -0.3 is 15.3 Å². The van der Waals surface area contributed by atoms with Gasteiger partial charge in [0, 0.05) is 13.0 Å². The average molecular weight is 276 g/mol. The molecule has 0 aromatic heterocycles. The van der Waals surface area contributed by atoms with Crippen molar-refractivity contribution in [3.63, 3.8) is 0 Å². The van der Waals surface area contributed by atoms with Gasteiger partial charge in [0.2, 0.25) is 5.91 Å². The van der Waals surface area contributed by atoms with Crippen molar-refractivity contribution >= 4 is 5.91 Å². The van der Waals surface area contributed by atoms with Crippen LogP contribution in [0.2, 0.25) is 0 Å². The van der Waals surface area contributed by atoms with Gasteiger partial charge >= 0.3 is 0 Å². The second-order valence-corrected chi connectivity index (χ2v) is 5.51. The van der Waals surface area contributed by atoms with Crippen molar-refractivity contribution in [1.82, 2.24) is 10.2 Å². The van der Waals surface area contributed by atoms with Gasteiger partial charge in [0.25, 0.3) is 0 Å². The fraction of sp³-hybridized carbons (Fsp3) is 0.562. The molecule has 4 heteroatoms. The third-order valence-electron chi connectivity index (χ3n) is 4.11. The molecule has 0 radical (unpaired) electrons. The van der Waals surface area contributed by atoms with E-state index in [1.54, 1.807) is 12.1 Å². The number of hydrogen-bond acceptors (Lipinski definition) is 3. The highest BCUT2D eigenvalue weighted by atomic mass is 16.3. The lowest BCUT2D eigenvalue weighted by molar-refractivity contribution is -0.134. The zero-order chi connectivity index (χ0) is 14.5. The van der Waals surface area contributed by atoms with Gasteiger partial charge in [-0.15, -0.1) is 0 Å². The molecule has 1 saturated heterocycles. The maximum absolute atomic E-state index is 12.5. The van der Waals surface area contributed by atoms with Gasteiger partial charge in [0.05, 0.1) is 6.04 Å². The van der Waals surface area contributed by atoms with E-state index in [9.17, 15) is 9.90 Å². The molecule has 1 heterocycles. The van der Waals surface area contributed by atoms with Crippen LogP contribution in [0.25, 0.3) is 0 Å². The molecule has 0 aliphatic carbocycles. The van der Waals surface area contributed by atoms with Gasteiger partial charge in [-0.2, -0.15) is 0 Å². The molecule has 1 aliphatic rings. The number of carbonyl (C=O) groups excluding carboxylic acids is 1. The minimum Gasteiger partial charge on any atom is -0.508 e. The summed E-state index contributed by atoms with van der Waals surface area (Å²) in [5.41, 5.74) is 0.977. The largest absolute Gasteiger partial charge is 0.508 e. The number of carbonyl (C=O) groups is 1. The smallest absolute Gasteiger partial charge is 0.223 e. The van der Waals surface area contributed by atoms with Gasteiger partial charge in [-0.25, -0.2) is 0 Å². The van der Waals surface area contributed by atoms with E-state index in [1.807, 2.05) is 30.9 Å². The van der Waals surface area contributed by atoms with E-state index in [0.717, 1.165) is 25.1 Å². The van der Waals surface area contributed by atoms with Gasteiger partial charge in [-0.3, -0.25) is 4.79 Å².